The van der Waals surface area contributed by atoms with Gasteiger partial charge < -0.3 is 4.74 Å². The first-order valence-electron chi connectivity index (χ1n) is 6.69. The van der Waals surface area contributed by atoms with Crippen molar-refractivity contribution in [3.8, 4) is 0 Å². The lowest BCUT2D eigenvalue weighted by atomic mass is 9.93. The Morgan fingerprint density at radius 2 is 1.53 bits per heavy atom. The summed E-state index contributed by atoms with van der Waals surface area (Å²) in [5.74, 6) is 0. The summed E-state index contributed by atoms with van der Waals surface area (Å²) in [5, 5.41) is 0. The van der Waals surface area contributed by atoms with Crippen molar-refractivity contribution in [1.82, 2.24) is 0 Å². The Morgan fingerprint density at radius 1 is 0.933 bits per heavy atom. The largest absolute Gasteiger partial charge is 0.362 e. The van der Waals surface area contributed by atoms with Gasteiger partial charge in [-0.2, -0.15) is 0 Å². The summed E-state index contributed by atoms with van der Waals surface area (Å²) in [6, 6.07) is 0. The van der Waals surface area contributed by atoms with E-state index in [0.717, 1.165) is 0 Å². The first kappa shape index (κ1) is 11.2. The quantitative estimate of drug-likeness (QED) is 0.464. The zero-order valence-corrected chi connectivity index (χ0v) is 9.84. The summed E-state index contributed by atoms with van der Waals surface area (Å²) in [6.07, 6.45) is 16.2. The first-order chi connectivity index (χ1) is 7.37. The molecule has 1 heteroatoms. The molecule has 1 saturated carbocycles. The number of hydrogen-bond acceptors (Lipinski definition) is 1. The fourth-order valence-corrected chi connectivity index (χ4v) is 2.83. The first-order valence-corrected chi connectivity index (χ1v) is 6.69. The Balaban J connectivity index is 1.81. The average molecular weight is 208 g/mol. The summed E-state index contributed by atoms with van der Waals surface area (Å²) < 4.78 is 5.85. The molecule has 1 aliphatic heterocycles. The van der Waals surface area contributed by atoms with Crippen molar-refractivity contribution in [2.45, 2.75) is 75.9 Å². The maximum Gasteiger partial charge on any atom is 0.113 e. The highest BCUT2D eigenvalue weighted by Crippen LogP contribution is 2.45. The molecule has 0 amide bonds. The summed E-state index contributed by atoms with van der Waals surface area (Å²) in [6.45, 7) is 3.94. The SMILES string of the molecule is C=C[C@@]12CCCCCCCCCC[C@H]1O2. The van der Waals surface area contributed by atoms with Gasteiger partial charge in [0.15, 0.2) is 0 Å². The molecule has 0 aromatic heterocycles. The van der Waals surface area contributed by atoms with Gasteiger partial charge in [-0.25, -0.2) is 0 Å². The summed E-state index contributed by atoms with van der Waals surface area (Å²) in [4.78, 5) is 0. The molecule has 86 valence electrons. The zero-order chi connectivity index (χ0) is 10.6. The van der Waals surface area contributed by atoms with Crippen LogP contribution in [0.5, 0.6) is 0 Å². The van der Waals surface area contributed by atoms with E-state index in [2.05, 4.69) is 12.7 Å². The third kappa shape index (κ3) is 2.84. The van der Waals surface area contributed by atoms with Crippen LogP contribution < -0.4 is 0 Å². The second-order valence-corrected chi connectivity index (χ2v) is 5.13. The minimum absolute atomic E-state index is 0.0964. The molecule has 15 heavy (non-hydrogen) atoms. The molecular weight excluding hydrogens is 184 g/mol. The van der Waals surface area contributed by atoms with E-state index in [9.17, 15) is 0 Å². The van der Waals surface area contributed by atoms with Gasteiger partial charge in [-0.1, -0.05) is 57.4 Å². The van der Waals surface area contributed by atoms with E-state index in [-0.39, 0.29) is 5.60 Å². The number of fused-ring (bicyclic) bond motifs is 1. The third-order valence-corrected chi connectivity index (χ3v) is 3.98. The monoisotopic (exact) mass is 208 g/mol. The Morgan fingerprint density at radius 3 is 2.20 bits per heavy atom. The molecule has 1 heterocycles. The maximum atomic E-state index is 5.85. The van der Waals surface area contributed by atoms with Crippen LogP contribution in [-0.4, -0.2) is 11.7 Å². The highest BCUT2D eigenvalue weighted by molar-refractivity contribution is 5.13. The Hall–Kier alpha value is -0.300. The zero-order valence-electron chi connectivity index (χ0n) is 9.84. The van der Waals surface area contributed by atoms with Crippen LogP contribution in [0.4, 0.5) is 0 Å². The molecule has 0 bridgehead atoms. The number of rotatable bonds is 1. The van der Waals surface area contributed by atoms with E-state index in [4.69, 9.17) is 4.74 Å². The summed E-state index contributed by atoms with van der Waals surface area (Å²) in [5.41, 5.74) is 0.0964. The van der Waals surface area contributed by atoms with Gasteiger partial charge in [-0.05, 0) is 12.8 Å². The van der Waals surface area contributed by atoms with Crippen molar-refractivity contribution >= 4 is 0 Å². The Labute approximate surface area is 93.9 Å². The van der Waals surface area contributed by atoms with E-state index < -0.39 is 0 Å². The van der Waals surface area contributed by atoms with Gasteiger partial charge in [-0.15, -0.1) is 6.58 Å². The molecule has 0 spiro atoms. The standard InChI is InChI=1S/C14H24O/c1-2-14-12-10-8-6-4-3-5-7-9-11-13(14)15-14/h2,13H,1,3-12H2/t13-,14-/m1/s1. The molecule has 0 radical (unpaired) electrons. The van der Waals surface area contributed by atoms with Gasteiger partial charge in [-0.3, -0.25) is 0 Å². The minimum atomic E-state index is 0.0964. The molecule has 0 N–H and O–H groups in total. The van der Waals surface area contributed by atoms with E-state index in [1.54, 1.807) is 0 Å². The molecule has 2 atom stereocenters. The minimum Gasteiger partial charge on any atom is -0.362 e. The number of epoxide rings is 1. The molecule has 0 unspecified atom stereocenters. The second kappa shape index (κ2) is 5.16. The van der Waals surface area contributed by atoms with Gasteiger partial charge in [0.1, 0.15) is 5.60 Å². The van der Waals surface area contributed by atoms with Crippen molar-refractivity contribution in [3.63, 3.8) is 0 Å². The smallest absolute Gasteiger partial charge is 0.113 e. The molecule has 2 fully saturated rings. The topological polar surface area (TPSA) is 12.5 Å². The van der Waals surface area contributed by atoms with Gasteiger partial charge in [0.2, 0.25) is 0 Å². The fourth-order valence-electron chi connectivity index (χ4n) is 2.83. The van der Waals surface area contributed by atoms with Crippen LogP contribution in [0, 0.1) is 0 Å². The predicted octanol–water partition coefficient (Wildman–Crippen LogP) is 4.22. The Bertz CT molecular complexity index is 211. The molecule has 2 rings (SSSR count). The number of hydrogen-bond donors (Lipinski definition) is 0. The molecule has 0 aromatic carbocycles. The van der Waals surface area contributed by atoms with Gasteiger partial charge in [0.05, 0.1) is 6.10 Å². The summed E-state index contributed by atoms with van der Waals surface area (Å²) >= 11 is 0. The van der Waals surface area contributed by atoms with E-state index >= 15 is 0 Å². The van der Waals surface area contributed by atoms with Crippen LogP contribution in [0.2, 0.25) is 0 Å². The van der Waals surface area contributed by atoms with Crippen molar-refractivity contribution in [1.29, 1.82) is 0 Å². The lowest BCUT2D eigenvalue weighted by Gasteiger charge is -2.09. The van der Waals surface area contributed by atoms with Crippen molar-refractivity contribution in [3.05, 3.63) is 12.7 Å². The van der Waals surface area contributed by atoms with Crippen LogP contribution >= 0.6 is 0 Å². The van der Waals surface area contributed by atoms with E-state index in [0.29, 0.717) is 6.10 Å². The molecular formula is C14H24O. The van der Waals surface area contributed by atoms with Crippen LogP contribution in [0.1, 0.15) is 64.2 Å². The highest BCUT2D eigenvalue weighted by atomic mass is 16.6. The van der Waals surface area contributed by atoms with Gasteiger partial charge >= 0.3 is 0 Å². The van der Waals surface area contributed by atoms with Crippen LogP contribution in [0.25, 0.3) is 0 Å². The van der Waals surface area contributed by atoms with Crippen molar-refractivity contribution < 1.29 is 4.74 Å². The average Bonchev–Trinajstić information content (AvgIpc) is 2.93. The second-order valence-electron chi connectivity index (χ2n) is 5.13. The normalized spacial score (nSPS) is 38.3. The Kier molecular flexibility index (Phi) is 3.85. The fraction of sp³-hybridized carbons (Fsp3) is 0.857. The summed E-state index contributed by atoms with van der Waals surface area (Å²) in [7, 11) is 0. The van der Waals surface area contributed by atoms with Gasteiger partial charge in [0.25, 0.3) is 0 Å². The molecule has 0 aromatic rings. The molecule has 1 nitrogen and oxygen atoms in total. The number of ether oxygens (including phenoxy) is 1. The van der Waals surface area contributed by atoms with Gasteiger partial charge in [0, 0.05) is 0 Å². The molecule has 1 saturated heterocycles. The lowest BCUT2D eigenvalue weighted by molar-refractivity contribution is 0.309. The van der Waals surface area contributed by atoms with Crippen molar-refractivity contribution in [2.75, 3.05) is 0 Å². The van der Waals surface area contributed by atoms with Crippen LogP contribution in [0.15, 0.2) is 12.7 Å². The maximum absolute atomic E-state index is 5.85. The van der Waals surface area contributed by atoms with Crippen molar-refractivity contribution in [2.24, 2.45) is 0 Å². The predicted molar refractivity (Wildman–Crippen MR) is 64.0 cm³/mol. The van der Waals surface area contributed by atoms with Crippen LogP contribution in [0.3, 0.4) is 0 Å². The van der Waals surface area contributed by atoms with Crippen LogP contribution in [-0.2, 0) is 4.74 Å². The molecule has 2 aliphatic rings. The third-order valence-electron chi connectivity index (χ3n) is 3.98. The molecule has 1 aliphatic carbocycles. The lowest BCUT2D eigenvalue weighted by Crippen LogP contribution is -2.11. The van der Waals surface area contributed by atoms with E-state index in [1.807, 2.05) is 0 Å². The van der Waals surface area contributed by atoms with E-state index in [1.165, 1.54) is 64.2 Å². The highest BCUT2D eigenvalue weighted by Gasteiger charge is 2.52.